The highest BCUT2D eigenvalue weighted by molar-refractivity contribution is 6.11. The SMILES string of the molecule is c1ccc(N2c3ccccc3N3c4cc(-c5cc6c7c(c5)Oc5ccccc5N7c5ccccc5N6)ccc4Nc4cccc2c43)cc1. The fourth-order valence-corrected chi connectivity index (χ4v) is 7.71. The highest BCUT2D eigenvalue weighted by Gasteiger charge is 2.37. The van der Waals surface area contributed by atoms with Crippen molar-refractivity contribution in [2.24, 2.45) is 0 Å². The van der Waals surface area contributed by atoms with Crippen LogP contribution in [0, 0.1) is 0 Å². The average Bonchev–Trinajstić information content (AvgIpc) is 3.14. The number of rotatable bonds is 2. The molecule has 0 fully saturated rings. The van der Waals surface area contributed by atoms with Gasteiger partial charge in [0.15, 0.2) is 11.5 Å². The summed E-state index contributed by atoms with van der Waals surface area (Å²) in [6, 6.07) is 53.6. The minimum atomic E-state index is 0.827. The van der Waals surface area contributed by atoms with Gasteiger partial charge in [-0.1, -0.05) is 66.7 Å². The molecule has 6 heteroatoms. The highest BCUT2D eigenvalue weighted by atomic mass is 16.5. The van der Waals surface area contributed by atoms with E-state index in [9.17, 15) is 0 Å². The minimum absolute atomic E-state index is 0.827. The number of nitrogens with zero attached hydrogens (tertiary/aromatic N) is 3. The van der Waals surface area contributed by atoms with E-state index in [-0.39, 0.29) is 0 Å². The summed E-state index contributed by atoms with van der Waals surface area (Å²) in [5, 5.41) is 7.47. The van der Waals surface area contributed by atoms with E-state index in [0.29, 0.717) is 0 Å². The normalized spacial score (nSPS) is 13.8. The van der Waals surface area contributed by atoms with Crippen molar-refractivity contribution in [3.8, 4) is 22.6 Å². The summed E-state index contributed by atoms with van der Waals surface area (Å²) in [5.74, 6) is 1.67. The lowest BCUT2D eigenvalue weighted by molar-refractivity contribution is 0.477. The zero-order chi connectivity index (χ0) is 31.3. The maximum absolute atomic E-state index is 6.62. The van der Waals surface area contributed by atoms with Crippen molar-refractivity contribution in [1.82, 2.24) is 0 Å². The van der Waals surface area contributed by atoms with Crippen LogP contribution in [0.3, 0.4) is 0 Å². The second kappa shape index (κ2) is 9.44. The molecule has 226 valence electrons. The molecule has 4 heterocycles. The average molecular weight is 618 g/mol. The first-order valence-electron chi connectivity index (χ1n) is 16.2. The third-order valence-corrected chi connectivity index (χ3v) is 9.74. The zero-order valence-corrected chi connectivity index (χ0v) is 25.7. The minimum Gasteiger partial charge on any atom is -0.453 e. The van der Waals surface area contributed by atoms with Gasteiger partial charge in [0.2, 0.25) is 0 Å². The zero-order valence-electron chi connectivity index (χ0n) is 25.7. The number of benzene rings is 7. The molecule has 6 nitrogen and oxygen atoms in total. The van der Waals surface area contributed by atoms with Gasteiger partial charge in [0, 0.05) is 5.69 Å². The first-order valence-corrected chi connectivity index (χ1v) is 16.2. The van der Waals surface area contributed by atoms with Crippen molar-refractivity contribution in [3.05, 3.63) is 152 Å². The van der Waals surface area contributed by atoms with E-state index >= 15 is 0 Å². The van der Waals surface area contributed by atoms with E-state index < -0.39 is 0 Å². The van der Waals surface area contributed by atoms with Crippen LogP contribution in [0.4, 0.5) is 73.9 Å². The lowest BCUT2D eigenvalue weighted by Crippen LogP contribution is -2.27. The summed E-state index contributed by atoms with van der Waals surface area (Å²) in [6.07, 6.45) is 0. The van der Waals surface area contributed by atoms with Gasteiger partial charge in [-0.25, -0.2) is 0 Å². The molecule has 0 unspecified atom stereocenters. The first kappa shape index (κ1) is 25.5. The van der Waals surface area contributed by atoms with E-state index in [4.69, 9.17) is 4.74 Å². The Morgan fingerprint density at radius 2 is 1.00 bits per heavy atom. The Bertz CT molecular complexity index is 2400. The van der Waals surface area contributed by atoms with Crippen molar-refractivity contribution >= 4 is 73.9 Å². The predicted octanol–water partition coefficient (Wildman–Crippen LogP) is 12.3. The Balaban J connectivity index is 1.09. The molecule has 0 radical (unpaired) electrons. The van der Waals surface area contributed by atoms with Crippen molar-refractivity contribution < 1.29 is 4.74 Å². The van der Waals surface area contributed by atoms with Crippen molar-refractivity contribution in [1.29, 1.82) is 0 Å². The highest BCUT2D eigenvalue weighted by Crippen LogP contribution is 2.62. The first-order chi connectivity index (χ1) is 23.8. The number of hydrogen-bond acceptors (Lipinski definition) is 6. The summed E-state index contributed by atoms with van der Waals surface area (Å²) in [5.41, 5.74) is 16.4. The molecule has 0 aromatic heterocycles. The molecular weight excluding hydrogens is 590 g/mol. The van der Waals surface area contributed by atoms with Crippen molar-refractivity contribution in [2.75, 3.05) is 25.3 Å². The molecule has 0 bridgehead atoms. The number of anilines is 13. The predicted molar refractivity (Wildman–Crippen MR) is 196 cm³/mol. The largest absolute Gasteiger partial charge is 0.453 e. The number of nitrogens with one attached hydrogen (secondary N) is 2. The molecule has 2 N–H and O–H groups in total. The summed E-state index contributed by atoms with van der Waals surface area (Å²) >= 11 is 0. The summed E-state index contributed by atoms with van der Waals surface area (Å²) in [4.78, 5) is 7.09. The molecule has 0 saturated heterocycles. The molecule has 7 aromatic carbocycles. The topological polar surface area (TPSA) is 43.0 Å². The van der Waals surface area contributed by atoms with E-state index in [2.05, 4.69) is 165 Å². The van der Waals surface area contributed by atoms with Gasteiger partial charge in [0.25, 0.3) is 0 Å². The van der Waals surface area contributed by atoms with Crippen LogP contribution in [0.2, 0.25) is 0 Å². The molecule has 4 aliphatic heterocycles. The van der Waals surface area contributed by atoms with E-state index in [0.717, 1.165) is 96.6 Å². The Morgan fingerprint density at radius 3 is 1.88 bits per heavy atom. The molecule has 0 spiro atoms. The fraction of sp³-hybridized carbons (Fsp3) is 0. The van der Waals surface area contributed by atoms with Crippen LogP contribution in [-0.4, -0.2) is 0 Å². The third kappa shape index (κ3) is 3.46. The standard InChI is InChI=1S/C42H27N5O/c1-2-11-28(12-3-1)45-34-16-6-7-17-35(34)47-38-24-26(21-22-30(38)43-31-14-10-19-37(45)41(31)47)27-23-32-42-40(25-27)48-39-20-9-8-18-36(39)46(42)33-15-5-4-13-29(33)44-32/h1-25,43-44H. The summed E-state index contributed by atoms with van der Waals surface area (Å²) in [7, 11) is 0. The molecular formula is C42H27N5O. The molecule has 11 rings (SSSR count). The van der Waals surface area contributed by atoms with Gasteiger partial charge in [-0.3, -0.25) is 4.90 Å². The molecule has 48 heavy (non-hydrogen) atoms. The summed E-state index contributed by atoms with van der Waals surface area (Å²) < 4.78 is 6.62. The molecule has 4 aliphatic rings. The Hall–Kier alpha value is -6.66. The van der Waals surface area contributed by atoms with Crippen molar-refractivity contribution in [3.63, 3.8) is 0 Å². The monoisotopic (exact) mass is 617 g/mol. The van der Waals surface area contributed by atoms with Gasteiger partial charge in [-0.05, 0) is 96.1 Å². The molecule has 0 amide bonds. The number of hydrogen-bond donors (Lipinski definition) is 2. The molecule has 0 aliphatic carbocycles. The van der Waals surface area contributed by atoms with Gasteiger partial charge in [0.1, 0.15) is 5.69 Å². The Kier molecular flexibility index (Phi) is 5.02. The van der Waals surface area contributed by atoms with Crippen LogP contribution in [-0.2, 0) is 0 Å². The van der Waals surface area contributed by atoms with E-state index in [1.165, 1.54) is 0 Å². The van der Waals surface area contributed by atoms with Crippen LogP contribution in [0.5, 0.6) is 11.5 Å². The second-order valence-corrected chi connectivity index (χ2v) is 12.4. The Morgan fingerprint density at radius 1 is 0.354 bits per heavy atom. The smallest absolute Gasteiger partial charge is 0.154 e. The van der Waals surface area contributed by atoms with Gasteiger partial charge in [0.05, 0.1) is 62.6 Å². The van der Waals surface area contributed by atoms with Gasteiger partial charge < -0.3 is 25.2 Å². The quantitative estimate of drug-likeness (QED) is 0.201. The van der Waals surface area contributed by atoms with Crippen LogP contribution in [0.15, 0.2) is 152 Å². The van der Waals surface area contributed by atoms with Gasteiger partial charge in [-0.2, -0.15) is 0 Å². The van der Waals surface area contributed by atoms with Gasteiger partial charge >= 0.3 is 0 Å². The van der Waals surface area contributed by atoms with Crippen LogP contribution in [0.1, 0.15) is 0 Å². The van der Waals surface area contributed by atoms with E-state index in [1.54, 1.807) is 0 Å². The number of ether oxygens (including phenoxy) is 1. The number of fused-ring (bicyclic) bond motifs is 8. The third-order valence-electron chi connectivity index (χ3n) is 9.74. The van der Waals surface area contributed by atoms with Crippen LogP contribution in [0.25, 0.3) is 11.1 Å². The molecule has 0 saturated carbocycles. The fourth-order valence-electron chi connectivity index (χ4n) is 7.71. The van der Waals surface area contributed by atoms with Crippen LogP contribution >= 0.6 is 0 Å². The number of para-hydroxylation sites is 8. The second-order valence-electron chi connectivity index (χ2n) is 12.4. The van der Waals surface area contributed by atoms with Crippen molar-refractivity contribution in [2.45, 2.75) is 0 Å². The molecule has 7 aromatic rings. The lowest BCUT2D eigenvalue weighted by atomic mass is 9.96. The summed E-state index contributed by atoms with van der Waals surface area (Å²) in [6.45, 7) is 0. The van der Waals surface area contributed by atoms with E-state index in [1.807, 2.05) is 12.1 Å². The maximum atomic E-state index is 6.62. The maximum Gasteiger partial charge on any atom is 0.154 e. The molecule has 0 atom stereocenters. The Labute approximate surface area is 277 Å². The lowest BCUT2D eigenvalue weighted by Gasteiger charge is -2.44. The van der Waals surface area contributed by atoms with Gasteiger partial charge in [-0.15, -0.1) is 0 Å². The van der Waals surface area contributed by atoms with Crippen LogP contribution < -0.4 is 30.1 Å².